The SMILES string of the molecule is CC(=O)c1ccc(F)c(Nc2ccccc2C(C)C)c1. The Bertz CT molecular complexity index is 635. The fourth-order valence-electron chi connectivity index (χ4n) is 2.10. The summed E-state index contributed by atoms with van der Waals surface area (Å²) >= 11 is 0. The van der Waals surface area contributed by atoms with Crippen molar-refractivity contribution in [2.45, 2.75) is 26.7 Å². The summed E-state index contributed by atoms with van der Waals surface area (Å²) in [5.41, 5.74) is 2.80. The van der Waals surface area contributed by atoms with Crippen LogP contribution in [0.2, 0.25) is 0 Å². The maximum atomic E-state index is 13.9. The Hall–Kier alpha value is -2.16. The molecule has 2 rings (SSSR count). The van der Waals surface area contributed by atoms with Crippen LogP contribution in [0.15, 0.2) is 42.5 Å². The average Bonchev–Trinajstić information content (AvgIpc) is 2.41. The van der Waals surface area contributed by atoms with Crippen LogP contribution in [0.3, 0.4) is 0 Å². The molecule has 0 aliphatic rings. The maximum Gasteiger partial charge on any atom is 0.159 e. The molecule has 0 bridgehead atoms. The third-order valence-corrected chi connectivity index (χ3v) is 3.23. The van der Waals surface area contributed by atoms with E-state index in [4.69, 9.17) is 0 Å². The molecule has 0 atom stereocenters. The Labute approximate surface area is 118 Å². The van der Waals surface area contributed by atoms with E-state index in [1.165, 1.54) is 19.1 Å². The quantitative estimate of drug-likeness (QED) is 0.802. The lowest BCUT2D eigenvalue weighted by molar-refractivity contribution is 0.101. The van der Waals surface area contributed by atoms with Crippen molar-refractivity contribution < 1.29 is 9.18 Å². The number of ketones is 1. The third-order valence-electron chi connectivity index (χ3n) is 3.23. The molecule has 0 aliphatic heterocycles. The van der Waals surface area contributed by atoms with Crippen molar-refractivity contribution in [2.24, 2.45) is 0 Å². The first kappa shape index (κ1) is 14.3. The predicted molar refractivity (Wildman–Crippen MR) is 80.2 cm³/mol. The van der Waals surface area contributed by atoms with E-state index in [0.717, 1.165) is 11.3 Å². The highest BCUT2D eigenvalue weighted by Crippen LogP contribution is 2.28. The van der Waals surface area contributed by atoms with Gasteiger partial charge in [-0.2, -0.15) is 0 Å². The molecule has 0 heterocycles. The van der Waals surface area contributed by atoms with Crippen LogP contribution in [0.25, 0.3) is 0 Å². The van der Waals surface area contributed by atoms with Crippen LogP contribution in [0.1, 0.15) is 42.6 Å². The second kappa shape index (κ2) is 5.87. The fourth-order valence-corrected chi connectivity index (χ4v) is 2.10. The second-order valence-corrected chi connectivity index (χ2v) is 5.12. The smallest absolute Gasteiger partial charge is 0.159 e. The van der Waals surface area contributed by atoms with Gasteiger partial charge in [0.15, 0.2) is 5.78 Å². The summed E-state index contributed by atoms with van der Waals surface area (Å²) in [6.07, 6.45) is 0. The van der Waals surface area contributed by atoms with Gasteiger partial charge in [-0.3, -0.25) is 4.79 Å². The Balaban J connectivity index is 2.40. The first-order chi connectivity index (χ1) is 9.49. The molecule has 2 aromatic carbocycles. The lowest BCUT2D eigenvalue weighted by Crippen LogP contribution is -2.01. The minimum Gasteiger partial charge on any atom is -0.353 e. The molecule has 0 fully saturated rings. The molecule has 0 unspecified atom stereocenters. The van der Waals surface area contributed by atoms with Crippen molar-refractivity contribution in [3.8, 4) is 0 Å². The highest BCUT2D eigenvalue weighted by Gasteiger charge is 2.10. The number of benzene rings is 2. The first-order valence-electron chi connectivity index (χ1n) is 6.65. The summed E-state index contributed by atoms with van der Waals surface area (Å²) < 4.78 is 13.9. The molecule has 0 spiro atoms. The molecule has 0 saturated carbocycles. The summed E-state index contributed by atoms with van der Waals surface area (Å²) in [4.78, 5) is 11.4. The van der Waals surface area contributed by atoms with Gasteiger partial charge in [0, 0.05) is 11.3 Å². The van der Waals surface area contributed by atoms with Crippen LogP contribution in [-0.2, 0) is 0 Å². The highest BCUT2D eigenvalue weighted by molar-refractivity contribution is 5.95. The van der Waals surface area contributed by atoms with Crippen LogP contribution in [0.5, 0.6) is 0 Å². The zero-order chi connectivity index (χ0) is 14.7. The monoisotopic (exact) mass is 271 g/mol. The van der Waals surface area contributed by atoms with Crippen molar-refractivity contribution in [1.29, 1.82) is 0 Å². The van der Waals surface area contributed by atoms with Gasteiger partial charge >= 0.3 is 0 Å². The lowest BCUT2D eigenvalue weighted by Gasteiger charge is -2.15. The molecular weight excluding hydrogens is 253 g/mol. The summed E-state index contributed by atoms with van der Waals surface area (Å²) in [5, 5.41) is 3.09. The molecule has 0 amide bonds. The molecule has 2 nitrogen and oxygen atoms in total. The molecule has 20 heavy (non-hydrogen) atoms. The van der Waals surface area contributed by atoms with Gasteiger partial charge in [0.25, 0.3) is 0 Å². The zero-order valence-electron chi connectivity index (χ0n) is 11.9. The highest BCUT2D eigenvalue weighted by atomic mass is 19.1. The van der Waals surface area contributed by atoms with E-state index < -0.39 is 0 Å². The summed E-state index contributed by atoms with van der Waals surface area (Å²) in [7, 11) is 0. The number of hydrogen-bond acceptors (Lipinski definition) is 2. The van der Waals surface area contributed by atoms with Gasteiger partial charge in [-0.15, -0.1) is 0 Å². The normalized spacial score (nSPS) is 10.7. The van der Waals surface area contributed by atoms with Crippen molar-refractivity contribution in [3.63, 3.8) is 0 Å². The first-order valence-corrected chi connectivity index (χ1v) is 6.65. The second-order valence-electron chi connectivity index (χ2n) is 5.12. The Kier molecular flexibility index (Phi) is 4.18. The zero-order valence-corrected chi connectivity index (χ0v) is 11.9. The number of Topliss-reactive ketones (excluding diaryl/α,β-unsaturated/α-hetero) is 1. The molecule has 2 aromatic rings. The predicted octanol–water partition coefficient (Wildman–Crippen LogP) is 4.90. The fraction of sp³-hybridized carbons (Fsp3) is 0.235. The number of nitrogens with one attached hydrogen (secondary N) is 1. The van der Waals surface area contributed by atoms with Crippen LogP contribution in [0.4, 0.5) is 15.8 Å². The molecule has 0 aromatic heterocycles. The molecule has 1 N–H and O–H groups in total. The van der Waals surface area contributed by atoms with Gasteiger partial charge in [-0.1, -0.05) is 32.0 Å². The average molecular weight is 271 g/mol. The topological polar surface area (TPSA) is 29.1 Å². The Morgan fingerprint density at radius 3 is 2.45 bits per heavy atom. The van der Waals surface area contributed by atoms with Crippen LogP contribution < -0.4 is 5.32 Å². The van der Waals surface area contributed by atoms with Gasteiger partial charge in [0.2, 0.25) is 0 Å². The summed E-state index contributed by atoms with van der Waals surface area (Å²) in [5.74, 6) is -0.114. The van der Waals surface area contributed by atoms with E-state index in [1.807, 2.05) is 24.3 Å². The standard InChI is InChI=1S/C17H18FNO/c1-11(2)14-6-4-5-7-16(14)19-17-10-13(12(3)20)8-9-15(17)18/h4-11,19H,1-3H3. The molecule has 0 radical (unpaired) electrons. The van der Waals surface area contributed by atoms with E-state index >= 15 is 0 Å². The van der Waals surface area contributed by atoms with E-state index in [0.29, 0.717) is 17.2 Å². The maximum absolute atomic E-state index is 13.9. The molecule has 0 aliphatic carbocycles. The van der Waals surface area contributed by atoms with E-state index in [2.05, 4.69) is 19.2 Å². The number of carbonyl (C=O) groups is 1. The van der Waals surface area contributed by atoms with E-state index in [1.54, 1.807) is 6.07 Å². The number of para-hydroxylation sites is 1. The van der Waals surface area contributed by atoms with Gasteiger partial charge in [-0.05, 0) is 42.7 Å². The van der Waals surface area contributed by atoms with Gasteiger partial charge in [0.1, 0.15) is 5.82 Å². The summed E-state index contributed by atoms with van der Waals surface area (Å²) in [6.45, 7) is 5.64. The van der Waals surface area contributed by atoms with Gasteiger partial charge in [0.05, 0.1) is 5.69 Å². The van der Waals surface area contributed by atoms with Crippen molar-refractivity contribution in [2.75, 3.05) is 5.32 Å². The molecular formula is C17H18FNO. The number of hydrogen-bond donors (Lipinski definition) is 1. The van der Waals surface area contributed by atoms with Gasteiger partial charge < -0.3 is 5.32 Å². The number of anilines is 2. The number of carbonyl (C=O) groups excluding carboxylic acids is 1. The number of halogens is 1. The van der Waals surface area contributed by atoms with Crippen LogP contribution in [0, 0.1) is 5.82 Å². The van der Waals surface area contributed by atoms with Crippen molar-refractivity contribution in [1.82, 2.24) is 0 Å². The Morgan fingerprint density at radius 1 is 1.10 bits per heavy atom. The largest absolute Gasteiger partial charge is 0.353 e. The Morgan fingerprint density at radius 2 is 1.80 bits per heavy atom. The summed E-state index contributed by atoms with van der Waals surface area (Å²) in [6, 6.07) is 12.2. The molecule has 104 valence electrons. The lowest BCUT2D eigenvalue weighted by atomic mass is 10.0. The van der Waals surface area contributed by atoms with E-state index in [-0.39, 0.29) is 11.6 Å². The molecule has 3 heteroatoms. The van der Waals surface area contributed by atoms with E-state index in [9.17, 15) is 9.18 Å². The van der Waals surface area contributed by atoms with Gasteiger partial charge in [-0.25, -0.2) is 4.39 Å². The number of rotatable bonds is 4. The minimum atomic E-state index is -0.367. The van der Waals surface area contributed by atoms with Crippen molar-refractivity contribution in [3.05, 3.63) is 59.4 Å². The van der Waals surface area contributed by atoms with Crippen LogP contribution in [-0.4, -0.2) is 5.78 Å². The molecule has 0 saturated heterocycles. The minimum absolute atomic E-state index is 0.0785. The van der Waals surface area contributed by atoms with Crippen LogP contribution >= 0.6 is 0 Å². The van der Waals surface area contributed by atoms with Crippen molar-refractivity contribution >= 4 is 17.2 Å². The third kappa shape index (κ3) is 3.05.